The molecule has 60 heteroatoms. The Hall–Kier alpha value is -8.75. The smallest absolute Gasteiger partial charge is 0.465 e. The number of rotatable bonds is 11. The van der Waals surface area contributed by atoms with Crippen LogP contribution in [-0.2, 0) is 61.8 Å². The molecular formula is C77H92Br6F12N12O24S6. The maximum absolute atomic E-state index is 12.7. The Morgan fingerprint density at radius 1 is 0.438 bits per heavy atom. The summed E-state index contributed by atoms with van der Waals surface area (Å²) in [5, 5.41) is 14.0. The second kappa shape index (κ2) is 56.6. The number of nitrogens with zero attached hydrogens (tertiary/aromatic N) is 4. The minimum Gasteiger partial charge on any atom is -0.465 e. The number of aromatic nitrogens is 2. The number of carbonyl (C=O) groups is 13. The summed E-state index contributed by atoms with van der Waals surface area (Å²) in [7, 11) is 6.14. The number of ether oxygens (including phenoxy) is 9. The summed E-state index contributed by atoms with van der Waals surface area (Å²) in [4.78, 5) is 178. The maximum Gasteiger partial charge on any atom is 0.491 e. The molecule has 36 nitrogen and oxygen atoms in total. The van der Waals surface area contributed by atoms with Gasteiger partial charge in [0.2, 0.25) is 0 Å². The van der Waals surface area contributed by atoms with Crippen LogP contribution in [0, 0.1) is 0 Å². The zero-order chi connectivity index (χ0) is 105. The summed E-state index contributed by atoms with van der Waals surface area (Å²) < 4.78 is 184. The summed E-state index contributed by atoms with van der Waals surface area (Å²) in [6, 6.07) is 8.69. The molecular weight excluding hydrogens is 2380 g/mol. The second-order valence-electron chi connectivity index (χ2n) is 29.9. The molecule has 3 aliphatic heterocycles. The number of alkyl halides is 14. The van der Waals surface area contributed by atoms with E-state index in [0.717, 1.165) is 81.1 Å². The van der Waals surface area contributed by atoms with Gasteiger partial charge in [0, 0.05) is 68.1 Å². The number of fused-ring (bicyclic) bond motifs is 1. The van der Waals surface area contributed by atoms with Gasteiger partial charge in [-0.1, -0.05) is 31.9 Å². The first-order chi connectivity index (χ1) is 63.1. The van der Waals surface area contributed by atoms with Crippen LogP contribution in [0.4, 0.5) is 100 Å². The van der Waals surface area contributed by atoms with Crippen molar-refractivity contribution in [2.75, 3.05) is 113 Å². The highest BCUT2D eigenvalue weighted by atomic mass is 79.9. The fourth-order valence-corrected chi connectivity index (χ4v) is 17.5. The molecule has 0 radical (unpaired) electrons. The summed E-state index contributed by atoms with van der Waals surface area (Å²) in [6.07, 6.45) is -18.1. The third-order valence-corrected chi connectivity index (χ3v) is 26.2. The average molecular weight is 2470 g/mol. The van der Waals surface area contributed by atoms with Crippen molar-refractivity contribution in [3.8, 4) is 0 Å². The molecule has 137 heavy (non-hydrogen) atoms. The number of piperidine rings is 3. The third kappa shape index (κ3) is 44.7. The van der Waals surface area contributed by atoms with E-state index in [-0.39, 0.29) is 69.1 Å². The van der Waals surface area contributed by atoms with Crippen molar-refractivity contribution in [3.05, 3.63) is 108 Å². The van der Waals surface area contributed by atoms with E-state index < -0.39 is 101 Å². The number of halogens is 18. The number of thiophene rings is 6. The highest BCUT2D eigenvalue weighted by Gasteiger charge is 2.49. The molecule has 10 rings (SSSR count). The van der Waals surface area contributed by atoms with Gasteiger partial charge in [-0.05, 0) is 212 Å². The number of esters is 7. The number of aromatic amines is 1. The number of urea groups is 1. The largest absolute Gasteiger partial charge is 0.491 e. The number of hydrogen-bond donors (Lipinski definition) is 8. The van der Waals surface area contributed by atoms with Gasteiger partial charge in [-0.2, -0.15) is 52.7 Å². The van der Waals surface area contributed by atoms with Crippen LogP contribution >= 0.6 is 164 Å². The summed E-state index contributed by atoms with van der Waals surface area (Å²) >= 11 is 26.0. The zero-order valence-corrected chi connectivity index (χ0v) is 88.7. The predicted octanol–water partition coefficient (Wildman–Crippen LogP) is 19.0. The van der Waals surface area contributed by atoms with Crippen LogP contribution in [-0.4, -0.2) is 241 Å². The fraction of sp³-hybridized carbons (Fsp3) is 0.494. The van der Waals surface area contributed by atoms with Gasteiger partial charge in [-0.3, -0.25) is 19.0 Å². The van der Waals surface area contributed by atoms with Gasteiger partial charge in [0.15, 0.2) is 0 Å². The molecule has 0 unspecified atom stereocenters. The molecule has 7 amide bonds. The highest BCUT2D eigenvalue weighted by Crippen LogP contribution is 2.37. The van der Waals surface area contributed by atoms with E-state index in [4.69, 9.17) is 36.1 Å². The molecule has 0 aromatic carbocycles. The quantitative estimate of drug-likeness (QED) is 0.0196. The van der Waals surface area contributed by atoms with Crippen LogP contribution in [0.5, 0.6) is 0 Å². The number of methoxy groups -OCH3 is 5. The topological polar surface area (TPSA) is 496 Å². The minimum atomic E-state index is -5.62. The van der Waals surface area contributed by atoms with Crippen molar-refractivity contribution in [2.45, 2.75) is 160 Å². The summed E-state index contributed by atoms with van der Waals surface area (Å²) in [6.45, 7) is 20.0. The lowest BCUT2D eigenvalue weighted by Gasteiger charge is -2.33. The average Bonchev–Trinajstić information content (AvgIpc) is 1.67. The van der Waals surface area contributed by atoms with E-state index >= 15 is 0 Å². The number of anilines is 5. The van der Waals surface area contributed by atoms with Crippen LogP contribution in [0.15, 0.2) is 71.9 Å². The van der Waals surface area contributed by atoms with Crippen molar-refractivity contribution in [3.63, 3.8) is 0 Å². The number of amides is 7. The van der Waals surface area contributed by atoms with E-state index in [1.807, 2.05) is 62.3 Å². The van der Waals surface area contributed by atoms with Gasteiger partial charge in [0.05, 0.1) is 84.6 Å². The van der Waals surface area contributed by atoms with Gasteiger partial charge in [-0.15, -0.1) is 68.0 Å². The highest BCUT2D eigenvalue weighted by molar-refractivity contribution is 9.12. The van der Waals surface area contributed by atoms with Crippen LogP contribution in [0.3, 0.4) is 0 Å². The molecule has 7 aromatic rings. The number of nitrogens with one attached hydrogen (secondary N) is 5. The molecule has 11 N–H and O–H groups in total. The van der Waals surface area contributed by atoms with Crippen molar-refractivity contribution >= 4 is 280 Å². The lowest BCUT2D eigenvalue weighted by molar-refractivity contribution is -0.221. The van der Waals surface area contributed by atoms with Gasteiger partial charge in [0.25, 0.3) is 5.56 Å². The van der Waals surface area contributed by atoms with E-state index in [9.17, 15) is 125 Å². The first kappa shape index (κ1) is 124. The second-order valence-corrected chi connectivity index (χ2v) is 43.1. The van der Waals surface area contributed by atoms with Crippen molar-refractivity contribution in [1.29, 1.82) is 0 Å². The molecule has 10 heterocycles. The third-order valence-electron chi connectivity index (χ3n) is 16.1. The Labute approximate surface area is 847 Å². The Morgan fingerprint density at radius 3 is 1.15 bits per heavy atom. The van der Waals surface area contributed by atoms with Crippen molar-refractivity contribution in [2.24, 2.45) is 5.73 Å². The fourth-order valence-electron chi connectivity index (χ4n) is 10.1. The normalized spacial score (nSPS) is 13.5. The first-order valence-electron chi connectivity index (χ1n) is 38.6. The monoisotopic (exact) mass is 2460 g/mol. The SMILES string of the molecule is BrCCBr.CC(C)(C)OC(=O)N1CCC(N)CC1.CC(C)(C)OC(=O)N1CCC(n2c(=O)[nH]c3cc(Br)sc3c2=O)CC1.COC(=O)c1sc(Br)cc1N.COC(=O)c1sc(Br)cc1NC(=O)C(F)(F)F.COC(=O)c1sc(Br)cc1NC(=O)NC1CCN(C(=O)OC(C)(C)C)CC1.COC(=O)c1sccc1N.COC(=O)c1sccc1NC(=O)C(F)(F)F.O=C(OC(=O)C(F)(F)F)C(F)(F)F. The molecule has 3 saturated heterocycles. The van der Waals surface area contributed by atoms with E-state index in [1.54, 1.807) is 55.0 Å². The molecule has 0 bridgehead atoms. The Morgan fingerprint density at radius 2 is 0.781 bits per heavy atom. The molecule has 766 valence electrons. The van der Waals surface area contributed by atoms with Crippen LogP contribution in [0.25, 0.3) is 10.2 Å². The Bertz CT molecular complexity index is 5340. The van der Waals surface area contributed by atoms with Crippen LogP contribution in [0.2, 0.25) is 0 Å². The van der Waals surface area contributed by atoms with E-state index in [1.165, 1.54) is 88.8 Å². The zero-order valence-electron chi connectivity index (χ0n) is 74.3. The molecule has 3 fully saturated rings. The van der Waals surface area contributed by atoms with Gasteiger partial charge in [0.1, 0.15) is 45.9 Å². The maximum atomic E-state index is 12.7. The standard InChI is InChI=1S/C17H24BrN3O5S.C16H20BrN3O4S.C10H20N2O2.C8H5BrF3NO3S.C8H6F3NO3S.C6H6BrNO2S.C6H7NO2S.C4F6O3.C2H4Br2/c1-17(2,3)26-16(24)21-7-5-10(6-8-21)19-15(23)20-11-9-12(18)27-13(11)14(22)25-4;1-16(2,3)24-15(23)19-6-4-9(5-7-19)20-13(21)12-10(18-14(20)22)8-11(17)25-12;1-10(2,3)14-9(13)12-6-4-8(11)5-7-12;1-16-6(14)5-3(2-4(9)17-5)13-7(15)8(10,11)12;1-15-6(13)5-4(2-3-16-5)12-7(14)8(9,10)11;1-10-6(9)5-3(8)2-4(7)11-5;1-9-6(8)5-4(7)2-3-10-5;5-3(6,7)1(11)13-2(12)4(8,9)10;3-1-2-4/h9-10H,5-8H2,1-4H3,(H2,19,20,23);8-9H,4-7H2,1-3H3,(H,18,22);8H,4-7,11H2,1-3H3;2H,1H3,(H,13,15);2-3H,1H3,(H,12,14);2H,8H2,1H3;2-3H,7H2,1H3;;1-2H2. The summed E-state index contributed by atoms with van der Waals surface area (Å²) in [5.41, 5.74) is 15.9. The predicted molar refractivity (Wildman–Crippen MR) is 509 cm³/mol. The number of H-pyrrole nitrogens is 1. The molecule has 0 saturated carbocycles. The van der Waals surface area contributed by atoms with E-state index in [0.29, 0.717) is 101 Å². The number of hydrogen-bond acceptors (Lipinski definition) is 33. The molecule has 0 aliphatic carbocycles. The molecule has 3 aliphatic rings. The minimum absolute atomic E-state index is 0.0626. The summed E-state index contributed by atoms with van der Waals surface area (Å²) in [5.74, 6) is -13.6. The number of nitrogens with two attached hydrogens (primary N) is 3. The van der Waals surface area contributed by atoms with E-state index in [2.05, 4.69) is 135 Å². The number of carbonyl (C=O) groups excluding carboxylic acids is 13. The van der Waals surface area contributed by atoms with Crippen molar-refractivity contribution in [1.82, 2.24) is 29.6 Å². The van der Waals surface area contributed by atoms with Crippen molar-refractivity contribution < 1.29 is 158 Å². The molecule has 0 spiro atoms. The van der Waals surface area contributed by atoms with Gasteiger partial charge >= 0.3 is 108 Å². The Balaban J connectivity index is 0.000000538. The molecule has 7 aromatic heterocycles. The molecule has 0 atom stereocenters. The lowest BCUT2D eigenvalue weighted by atomic mass is 10.1. The van der Waals surface area contributed by atoms with Gasteiger partial charge in [-0.25, -0.2) is 57.5 Å². The Kier molecular flexibility index (Phi) is 51.4. The van der Waals surface area contributed by atoms with Gasteiger partial charge < -0.3 is 101 Å². The van der Waals surface area contributed by atoms with Crippen LogP contribution in [0.1, 0.15) is 155 Å². The first-order valence-corrected chi connectivity index (χ1v) is 49.0. The van der Waals surface area contributed by atoms with Crippen LogP contribution < -0.4 is 49.7 Å². The number of likely N-dealkylation sites (tertiary alicyclic amines) is 3. The number of nitrogen functional groups attached to an aromatic ring is 2. The lowest BCUT2D eigenvalue weighted by Crippen LogP contribution is -2.48.